The zero-order valence-electron chi connectivity index (χ0n) is 12.1. The summed E-state index contributed by atoms with van der Waals surface area (Å²) in [6.07, 6.45) is 1.45. The maximum atomic E-state index is 12.5. The van der Waals surface area contributed by atoms with E-state index in [-0.39, 0.29) is 29.5 Å². The molecular formula is C15H12N4O4. The van der Waals surface area contributed by atoms with Crippen LogP contribution in [0.3, 0.4) is 0 Å². The van der Waals surface area contributed by atoms with Crippen molar-refractivity contribution in [1.82, 2.24) is 14.6 Å². The van der Waals surface area contributed by atoms with Gasteiger partial charge in [0.25, 0.3) is 11.5 Å². The van der Waals surface area contributed by atoms with Crippen molar-refractivity contribution in [1.29, 1.82) is 0 Å². The van der Waals surface area contributed by atoms with E-state index in [4.69, 9.17) is 9.47 Å². The first kappa shape index (κ1) is 13.4. The highest BCUT2D eigenvalue weighted by atomic mass is 16.7. The summed E-state index contributed by atoms with van der Waals surface area (Å²) < 4.78 is 11.7. The summed E-state index contributed by atoms with van der Waals surface area (Å²) in [5.41, 5.74) is 1.41. The summed E-state index contributed by atoms with van der Waals surface area (Å²) in [7, 11) is 0. The lowest BCUT2D eigenvalue weighted by atomic mass is 10.2. The lowest BCUT2D eigenvalue weighted by molar-refractivity contribution is 0.102. The van der Waals surface area contributed by atoms with Gasteiger partial charge in [-0.2, -0.15) is 0 Å². The van der Waals surface area contributed by atoms with Crippen molar-refractivity contribution < 1.29 is 14.3 Å². The molecule has 0 saturated heterocycles. The predicted molar refractivity (Wildman–Crippen MR) is 81.1 cm³/mol. The first-order chi connectivity index (χ1) is 11.1. The minimum Gasteiger partial charge on any atom is -0.454 e. The second kappa shape index (κ2) is 4.87. The Balaban J connectivity index is 1.68. The van der Waals surface area contributed by atoms with E-state index in [0.29, 0.717) is 22.9 Å². The van der Waals surface area contributed by atoms with Crippen LogP contribution in [0.4, 0.5) is 5.69 Å². The Bertz CT molecular complexity index is 989. The molecule has 1 aliphatic heterocycles. The fourth-order valence-electron chi connectivity index (χ4n) is 2.44. The number of hydrogen-bond donors (Lipinski definition) is 2. The lowest BCUT2D eigenvalue weighted by Gasteiger charge is -2.05. The summed E-state index contributed by atoms with van der Waals surface area (Å²) >= 11 is 0. The van der Waals surface area contributed by atoms with Crippen LogP contribution in [-0.4, -0.2) is 27.3 Å². The minimum absolute atomic E-state index is 0.168. The number of hydrogen-bond acceptors (Lipinski definition) is 5. The molecule has 8 heteroatoms. The van der Waals surface area contributed by atoms with Crippen molar-refractivity contribution in [2.24, 2.45) is 0 Å². The maximum absolute atomic E-state index is 12.5. The van der Waals surface area contributed by atoms with Crippen molar-refractivity contribution in [2.45, 2.75) is 6.92 Å². The molecule has 3 heterocycles. The molecular weight excluding hydrogens is 300 g/mol. The van der Waals surface area contributed by atoms with Gasteiger partial charge in [-0.05, 0) is 19.1 Å². The zero-order chi connectivity index (χ0) is 16.0. The van der Waals surface area contributed by atoms with E-state index in [1.165, 1.54) is 16.8 Å². The summed E-state index contributed by atoms with van der Waals surface area (Å²) in [5, 5.41) is 5.48. The molecule has 8 nitrogen and oxygen atoms in total. The molecule has 0 fully saturated rings. The smallest absolute Gasteiger partial charge is 0.272 e. The van der Waals surface area contributed by atoms with Gasteiger partial charge in [-0.25, -0.2) is 9.50 Å². The second-order valence-electron chi connectivity index (χ2n) is 5.10. The molecule has 0 radical (unpaired) electrons. The van der Waals surface area contributed by atoms with Crippen LogP contribution in [0.5, 0.6) is 11.5 Å². The molecule has 1 amide bonds. The number of carbonyl (C=O) groups excluding carboxylic acids is 1. The number of nitrogens with zero attached hydrogens (tertiary/aromatic N) is 2. The Morgan fingerprint density at radius 2 is 2.13 bits per heavy atom. The van der Waals surface area contributed by atoms with Gasteiger partial charge in [-0.15, -0.1) is 0 Å². The van der Waals surface area contributed by atoms with Crippen LogP contribution in [0.15, 0.2) is 35.3 Å². The van der Waals surface area contributed by atoms with Gasteiger partial charge in [0.05, 0.1) is 0 Å². The van der Waals surface area contributed by atoms with Crippen LogP contribution >= 0.6 is 0 Å². The van der Waals surface area contributed by atoms with Crippen LogP contribution in [0.25, 0.3) is 5.65 Å². The van der Waals surface area contributed by atoms with Gasteiger partial charge in [0.15, 0.2) is 17.1 Å². The van der Waals surface area contributed by atoms with Gasteiger partial charge in [-0.3, -0.25) is 14.7 Å². The van der Waals surface area contributed by atoms with E-state index in [1.54, 1.807) is 25.1 Å². The van der Waals surface area contributed by atoms with Gasteiger partial charge in [0, 0.05) is 29.7 Å². The number of rotatable bonds is 2. The maximum Gasteiger partial charge on any atom is 0.272 e. The van der Waals surface area contributed by atoms with E-state index >= 15 is 0 Å². The molecule has 1 aliphatic rings. The van der Waals surface area contributed by atoms with Crippen LogP contribution in [0.2, 0.25) is 0 Å². The molecule has 116 valence electrons. The van der Waals surface area contributed by atoms with Crippen LogP contribution in [-0.2, 0) is 0 Å². The van der Waals surface area contributed by atoms with E-state index in [9.17, 15) is 9.59 Å². The van der Waals surface area contributed by atoms with Crippen LogP contribution in [0.1, 0.15) is 16.1 Å². The highest BCUT2D eigenvalue weighted by Crippen LogP contribution is 2.34. The van der Waals surface area contributed by atoms with Gasteiger partial charge in [0.1, 0.15) is 5.56 Å². The Kier molecular flexibility index (Phi) is 2.83. The fourth-order valence-corrected chi connectivity index (χ4v) is 2.44. The molecule has 23 heavy (non-hydrogen) atoms. The number of ether oxygens (including phenoxy) is 2. The zero-order valence-corrected chi connectivity index (χ0v) is 12.1. The third-order valence-electron chi connectivity index (χ3n) is 3.50. The Hall–Kier alpha value is -3.29. The third-order valence-corrected chi connectivity index (χ3v) is 3.50. The van der Waals surface area contributed by atoms with E-state index < -0.39 is 0 Å². The van der Waals surface area contributed by atoms with Gasteiger partial charge in [-0.1, -0.05) is 0 Å². The molecule has 0 aliphatic carbocycles. The summed E-state index contributed by atoms with van der Waals surface area (Å²) in [6, 6.07) is 6.51. The predicted octanol–water partition coefficient (Wildman–Crippen LogP) is 1.31. The molecule has 4 rings (SSSR count). The van der Waals surface area contributed by atoms with Crippen LogP contribution < -0.4 is 20.3 Å². The number of carbonyl (C=O) groups is 1. The molecule has 0 saturated carbocycles. The van der Waals surface area contributed by atoms with Crippen molar-refractivity contribution in [3.63, 3.8) is 0 Å². The van der Waals surface area contributed by atoms with E-state index in [2.05, 4.69) is 15.4 Å². The molecule has 0 atom stereocenters. The fraction of sp³-hybridized carbons (Fsp3) is 0.133. The number of nitrogens with one attached hydrogen (secondary N) is 2. The molecule has 2 aromatic heterocycles. The van der Waals surface area contributed by atoms with Gasteiger partial charge in [0.2, 0.25) is 6.79 Å². The average molecular weight is 312 g/mol. The lowest BCUT2D eigenvalue weighted by Crippen LogP contribution is -2.16. The average Bonchev–Trinajstić information content (AvgIpc) is 3.12. The van der Waals surface area contributed by atoms with Crippen molar-refractivity contribution in [3.05, 3.63) is 52.1 Å². The number of fused-ring (bicyclic) bond motifs is 2. The molecule has 0 bridgehead atoms. The van der Waals surface area contributed by atoms with Gasteiger partial charge < -0.3 is 14.8 Å². The number of aromatic nitrogens is 3. The summed E-state index contributed by atoms with van der Waals surface area (Å²) in [4.78, 5) is 28.5. The van der Waals surface area contributed by atoms with Crippen LogP contribution in [0, 0.1) is 6.92 Å². The second-order valence-corrected chi connectivity index (χ2v) is 5.10. The largest absolute Gasteiger partial charge is 0.454 e. The number of H-pyrrole nitrogens is 1. The third kappa shape index (κ3) is 2.20. The first-order valence-corrected chi connectivity index (χ1v) is 6.90. The van der Waals surface area contributed by atoms with E-state index in [1.807, 2.05) is 0 Å². The highest BCUT2D eigenvalue weighted by molar-refractivity contribution is 6.08. The van der Waals surface area contributed by atoms with Crippen molar-refractivity contribution in [3.8, 4) is 11.5 Å². The number of anilines is 1. The molecule has 0 unspecified atom stereocenters. The number of aryl methyl sites for hydroxylation is 1. The first-order valence-electron chi connectivity index (χ1n) is 6.90. The SMILES string of the molecule is Cc1cc(=O)n2[nH]cc(C(=O)Nc3ccc4c(c3)OCO4)c2n1. The quantitative estimate of drug-likeness (QED) is 0.743. The minimum atomic E-state index is -0.375. The Morgan fingerprint density at radius 1 is 1.30 bits per heavy atom. The monoisotopic (exact) mass is 312 g/mol. The standard InChI is InChI=1S/C15H12N4O4/c1-8-4-13(20)19-14(17-8)10(6-16-19)15(21)18-9-2-3-11-12(5-9)23-7-22-11/h2-6,16H,7H2,1H3,(H,18,21). The highest BCUT2D eigenvalue weighted by Gasteiger charge is 2.17. The summed E-state index contributed by atoms with van der Waals surface area (Å²) in [5.74, 6) is 0.839. The number of aromatic amines is 1. The molecule has 2 N–H and O–H groups in total. The number of amides is 1. The molecule has 0 spiro atoms. The van der Waals surface area contributed by atoms with Crippen molar-refractivity contribution in [2.75, 3.05) is 12.1 Å². The van der Waals surface area contributed by atoms with Crippen molar-refractivity contribution >= 4 is 17.2 Å². The molecule has 3 aromatic rings. The summed E-state index contributed by atoms with van der Waals surface area (Å²) in [6.45, 7) is 1.87. The molecule has 1 aromatic carbocycles. The number of benzene rings is 1. The normalized spacial score (nSPS) is 12.6. The Labute approximate surface area is 129 Å². The van der Waals surface area contributed by atoms with E-state index in [0.717, 1.165) is 0 Å². The topological polar surface area (TPSA) is 97.7 Å². The Morgan fingerprint density at radius 3 is 3.00 bits per heavy atom. The van der Waals surface area contributed by atoms with Gasteiger partial charge >= 0.3 is 0 Å².